The molecule has 5 heteroatoms. The lowest BCUT2D eigenvalue weighted by Crippen LogP contribution is -2.29. The zero-order valence-corrected chi connectivity index (χ0v) is 13.3. The largest absolute Gasteiger partial charge is 0.338 e. The summed E-state index contributed by atoms with van der Waals surface area (Å²) in [7, 11) is 0. The summed E-state index contributed by atoms with van der Waals surface area (Å²) in [4.78, 5) is 22.9. The number of nitrogens with zero attached hydrogens (tertiary/aromatic N) is 3. The minimum atomic E-state index is 0.111. The molecule has 0 saturated carbocycles. The molecule has 22 heavy (non-hydrogen) atoms. The Kier molecular flexibility index (Phi) is 4.39. The van der Waals surface area contributed by atoms with E-state index < -0.39 is 0 Å². The van der Waals surface area contributed by atoms with Crippen molar-refractivity contribution in [2.75, 3.05) is 13.1 Å². The van der Waals surface area contributed by atoms with Crippen molar-refractivity contribution < 1.29 is 4.79 Å². The number of halogens is 1. The van der Waals surface area contributed by atoms with E-state index in [-0.39, 0.29) is 5.91 Å². The van der Waals surface area contributed by atoms with Gasteiger partial charge in [0.1, 0.15) is 5.82 Å². The van der Waals surface area contributed by atoms with Gasteiger partial charge in [0, 0.05) is 37.5 Å². The summed E-state index contributed by atoms with van der Waals surface area (Å²) in [5.41, 5.74) is 1.92. The van der Waals surface area contributed by atoms with E-state index in [1.807, 2.05) is 36.1 Å². The van der Waals surface area contributed by atoms with Crippen molar-refractivity contribution in [3.8, 4) is 0 Å². The van der Waals surface area contributed by atoms with Gasteiger partial charge in [0.2, 0.25) is 0 Å². The number of carbonyl (C=O) groups excluding carboxylic acids is 1. The van der Waals surface area contributed by atoms with Crippen molar-refractivity contribution in [2.45, 2.75) is 19.8 Å². The van der Waals surface area contributed by atoms with Crippen LogP contribution in [-0.2, 0) is 6.42 Å². The quantitative estimate of drug-likeness (QED) is 0.874. The highest BCUT2D eigenvalue weighted by Crippen LogP contribution is 2.21. The lowest BCUT2D eigenvalue weighted by atomic mass is 10.0. The molecular formula is C17H18ClN3O. The zero-order chi connectivity index (χ0) is 15.5. The lowest BCUT2D eigenvalue weighted by Gasteiger charge is -2.16. The highest BCUT2D eigenvalue weighted by Gasteiger charge is 2.27. The number of aryl methyl sites for hydroxylation is 1. The molecule has 114 valence electrons. The average molecular weight is 316 g/mol. The van der Waals surface area contributed by atoms with Crippen molar-refractivity contribution in [3.63, 3.8) is 0 Å². The molecule has 2 heterocycles. The van der Waals surface area contributed by atoms with Gasteiger partial charge in [-0.25, -0.2) is 9.97 Å². The van der Waals surface area contributed by atoms with Crippen molar-refractivity contribution in [1.82, 2.24) is 14.9 Å². The zero-order valence-electron chi connectivity index (χ0n) is 12.5. The van der Waals surface area contributed by atoms with Gasteiger partial charge < -0.3 is 4.90 Å². The Labute approximate surface area is 135 Å². The van der Waals surface area contributed by atoms with Crippen molar-refractivity contribution >= 4 is 17.5 Å². The van der Waals surface area contributed by atoms with Gasteiger partial charge in [-0.15, -0.1) is 0 Å². The summed E-state index contributed by atoms with van der Waals surface area (Å²) in [5, 5.41) is 0.548. The Morgan fingerprint density at radius 3 is 2.64 bits per heavy atom. The van der Waals surface area contributed by atoms with Crippen LogP contribution in [-0.4, -0.2) is 33.9 Å². The van der Waals surface area contributed by atoms with Crippen LogP contribution in [0.15, 0.2) is 36.7 Å². The molecular weight excluding hydrogens is 298 g/mol. The minimum absolute atomic E-state index is 0.111. The first kappa shape index (κ1) is 15.0. The van der Waals surface area contributed by atoms with E-state index in [1.165, 1.54) is 0 Å². The van der Waals surface area contributed by atoms with Crippen molar-refractivity contribution in [3.05, 3.63) is 58.6 Å². The standard InChI is InChI=1S/C17H18ClN3O/c1-12-2-4-14(5-3-12)17(22)21-7-6-13(11-21)8-16-19-9-15(18)10-20-16/h2-5,9-10,13H,6-8,11H2,1H3/t13-/m0/s1. The van der Waals surface area contributed by atoms with Gasteiger partial charge in [0.05, 0.1) is 5.02 Å². The molecule has 1 aromatic carbocycles. The van der Waals surface area contributed by atoms with E-state index in [1.54, 1.807) is 12.4 Å². The van der Waals surface area contributed by atoms with E-state index in [0.29, 0.717) is 10.9 Å². The van der Waals surface area contributed by atoms with Crippen LogP contribution in [0.5, 0.6) is 0 Å². The predicted molar refractivity (Wildman–Crippen MR) is 85.9 cm³/mol. The van der Waals surface area contributed by atoms with Gasteiger partial charge in [-0.05, 0) is 31.4 Å². The second-order valence-electron chi connectivity index (χ2n) is 5.79. The summed E-state index contributed by atoms with van der Waals surface area (Å²) in [6.07, 6.45) is 5.01. The van der Waals surface area contributed by atoms with Crippen LogP contribution in [0.2, 0.25) is 5.02 Å². The molecule has 1 atom stereocenters. The first-order valence-corrected chi connectivity index (χ1v) is 7.82. The molecule has 0 unspecified atom stereocenters. The number of aromatic nitrogens is 2. The Morgan fingerprint density at radius 2 is 1.95 bits per heavy atom. The maximum absolute atomic E-state index is 12.5. The van der Waals surface area contributed by atoms with E-state index >= 15 is 0 Å². The van der Waals surface area contributed by atoms with Crippen LogP contribution in [0.3, 0.4) is 0 Å². The van der Waals surface area contributed by atoms with Crippen molar-refractivity contribution in [1.29, 1.82) is 0 Å². The molecule has 1 fully saturated rings. The highest BCUT2D eigenvalue weighted by molar-refractivity contribution is 6.30. The predicted octanol–water partition coefficient (Wildman–Crippen LogP) is 3.14. The summed E-state index contributed by atoms with van der Waals surface area (Å²) < 4.78 is 0. The molecule has 3 rings (SSSR count). The van der Waals surface area contributed by atoms with Crippen molar-refractivity contribution in [2.24, 2.45) is 5.92 Å². The first-order chi connectivity index (χ1) is 10.6. The molecule has 1 amide bonds. The Morgan fingerprint density at radius 1 is 1.27 bits per heavy atom. The van der Waals surface area contributed by atoms with Gasteiger partial charge in [0.15, 0.2) is 0 Å². The van der Waals surface area contributed by atoms with Crippen LogP contribution >= 0.6 is 11.6 Å². The van der Waals surface area contributed by atoms with E-state index in [9.17, 15) is 4.79 Å². The van der Waals surface area contributed by atoms with Crippen LogP contribution in [0, 0.1) is 12.8 Å². The fourth-order valence-electron chi connectivity index (χ4n) is 2.77. The van der Waals surface area contributed by atoms with Crippen LogP contribution in [0.4, 0.5) is 0 Å². The summed E-state index contributed by atoms with van der Waals surface area (Å²) >= 11 is 5.79. The highest BCUT2D eigenvalue weighted by atomic mass is 35.5. The molecule has 1 aliphatic rings. The summed E-state index contributed by atoms with van der Waals surface area (Å²) in [6.45, 7) is 3.58. The molecule has 1 aliphatic heterocycles. The van der Waals surface area contributed by atoms with Gasteiger partial charge in [-0.3, -0.25) is 4.79 Å². The number of carbonyl (C=O) groups is 1. The lowest BCUT2D eigenvalue weighted by molar-refractivity contribution is 0.0787. The molecule has 0 radical (unpaired) electrons. The van der Waals surface area contributed by atoms with Crippen LogP contribution < -0.4 is 0 Å². The Balaban J connectivity index is 1.61. The third kappa shape index (κ3) is 3.45. The van der Waals surface area contributed by atoms with Crippen LogP contribution in [0.25, 0.3) is 0 Å². The molecule has 2 aromatic rings. The number of amides is 1. The molecule has 1 saturated heterocycles. The monoisotopic (exact) mass is 315 g/mol. The van der Waals surface area contributed by atoms with Gasteiger partial charge >= 0.3 is 0 Å². The number of hydrogen-bond acceptors (Lipinski definition) is 3. The van der Waals surface area contributed by atoms with Gasteiger partial charge in [-0.2, -0.15) is 0 Å². The third-order valence-corrected chi connectivity index (χ3v) is 4.21. The Hall–Kier alpha value is -1.94. The second kappa shape index (κ2) is 6.44. The molecule has 0 N–H and O–H groups in total. The smallest absolute Gasteiger partial charge is 0.253 e. The molecule has 0 bridgehead atoms. The fraction of sp³-hybridized carbons (Fsp3) is 0.353. The second-order valence-corrected chi connectivity index (χ2v) is 6.23. The van der Waals surface area contributed by atoms with Gasteiger partial charge in [0.25, 0.3) is 5.91 Å². The van der Waals surface area contributed by atoms with Crippen LogP contribution in [0.1, 0.15) is 28.2 Å². The van der Waals surface area contributed by atoms with E-state index in [2.05, 4.69) is 9.97 Å². The average Bonchev–Trinajstić information content (AvgIpc) is 2.98. The SMILES string of the molecule is Cc1ccc(C(=O)N2CC[C@@H](Cc3ncc(Cl)cn3)C2)cc1. The molecule has 0 aliphatic carbocycles. The Bertz CT molecular complexity index is 655. The minimum Gasteiger partial charge on any atom is -0.338 e. The summed E-state index contributed by atoms with van der Waals surface area (Å²) in [6, 6.07) is 7.74. The van der Waals surface area contributed by atoms with Gasteiger partial charge in [-0.1, -0.05) is 29.3 Å². The maximum Gasteiger partial charge on any atom is 0.253 e. The number of hydrogen-bond donors (Lipinski definition) is 0. The topological polar surface area (TPSA) is 46.1 Å². The number of rotatable bonds is 3. The summed E-state index contributed by atoms with van der Waals surface area (Å²) in [5.74, 6) is 1.31. The molecule has 0 spiro atoms. The molecule has 1 aromatic heterocycles. The molecule has 4 nitrogen and oxygen atoms in total. The maximum atomic E-state index is 12.5. The van der Waals surface area contributed by atoms with E-state index in [0.717, 1.165) is 42.9 Å². The number of likely N-dealkylation sites (tertiary alicyclic amines) is 1. The first-order valence-electron chi connectivity index (χ1n) is 7.44. The number of benzene rings is 1. The third-order valence-electron chi connectivity index (χ3n) is 4.02. The fourth-order valence-corrected chi connectivity index (χ4v) is 2.86. The van der Waals surface area contributed by atoms with E-state index in [4.69, 9.17) is 11.6 Å². The normalized spacial score (nSPS) is 17.7.